The van der Waals surface area contributed by atoms with E-state index >= 15 is 0 Å². The standard InChI is InChI=1S/C14H22ClNO2/c1-3-4-8-18-9-7-16-11-12-10-13(15)5-6-14(12)17-2/h5-6,10,16H,3-4,7-9,11H2,1-2H3. The summed E-state index contributed by atoms with van der Waals surface area (Å²) in [5.41, 5.74) is 1.07. The average Bonchev–Trinajstić information content (AvgIpc) is 2.38. The summed E-state index contributed by atoms with van der Waals surface area (Å²) in [6.45, 7) is 5.31. The molecule has 1 aromatic carbocycles. The number of hydrogen-bond acceptors (Lipinski definition) is 3. The molecule has 102 valence electrons. The Morgan fingerprint density at radius 2 is 2.11 bits per heavy atom. The summed E-state index contributed by atoms with van der Waals surface area (Å²) in [6, 6.07) is 5.64. The van der Waals surface area contributed by atoms with Gasteiger partial charge in [0.2, 0.25) is 0 Å². The SMILES string of the molecule is CCCCOCCNCc1cc(Cl)ccc1OC. The summed E-state index contributed by atoms with van der Waals surface area (Å²) in [5, 5.41) is 4.05. The summed E-state index contributed by atoms with van der Waals surface area (Å²) in [6.07, 6.45) is 2.30. The molecule has 0 saturated heterocycles. The zero-order valence-corrected chi connectivity index (χ0v) is 11.9. The Bertz CT molecular complexity index is 345. The van der Waals surface area contributed by atoms with E-state index in [0.29, 0.717) is 0 Å². The minimum atomic E-state index is 0.729. The number of unbranched alkanes of at least 4 members (excludes halogenated alkanes) is 1. The van der Waals surface area contributed by atoms with Crippen molar-refractivity contribution in [1.29, 1.82) is 0 Å². The molecule has 0 bridgehead atoms. The highest BCUT2D eigenvalue weighted by Crippen LogP contribution is 2.22. The van der Waals surface area contributed by atoms with Crippen molar-refractivity contribution in [3.05, 3.63) is 28.8 Å². The molecule has 1 aromatic rings. The molecule has 0 fully saturated rings. The van der Waals surface area contributed by atoms with Gasteiger partial charge in [-0.1, -0.05) is 24.9 Å². The van der Waals surface area contributed by atoms with Crippen molar-refractivity contribution in [1.82, 2.24) is 5.32 Å². The average molecular weight is 272 g/mol. The fourth-order valence-electron chi connectivity index (χ4n) is 1.60. The number of nitrogens with one attached hydrogen (secondary N) is 1. The number of rotatable bonds is 9. The summed E-state index contributed by atoms with van der Waals surface area (Å²) >= 11 is 5.96. The second-order valence-electron chi connectivity index (χ2n) is 4.10. The van der Waals surface area contributed by atoms with E-state index in [0.717, 1.165) is 49.1 Å². The predicted molar refractivity (Wildman–Crippen MR) is 75.4 cm³/mol. The Morgan fingerprint density at radius 1 is 1.28 bits per heavy atom. The van der Waals surface area contributed by atoms with Crippen LogP contribution in [-0.4, -0.2) is 26.9 Å². The Balaban J connectivity index is 2.24. The van der Waals surface area contributed by atoms with Gasteiger partial charge in [0.1, 0.15) is 5.75 Å². The first kappa shape index (κ1) is 15.3. The van der Waals surface area contributed by atoms with Crippen molar-refractivity contribution >= 4 is 11.6 Å². The van der Waals surface area contributed by atoms with E-state index in [2.05, 4.69) is 12.2 Å². The van der Waals surface area contributed by atoms with Gasteiger partial charge >= 0.3 is 0 Å². The first-order valence-corrected chi connectivity index (χ1v) is 6.76. The topological polar surface area (TPSA) is 30.5 Å². The summed E-state index contributed by atoms with van der Waals surface area (Å²) in [7, 11) is 1.67. The molecule has 0 saturated carbocycles. The van der Waals surface area contributed by atoms with Crippen molar-refractivity contribution in [2.45, 2.75) is 26.3 Å². The second-order valence-corrected chi connectivity index (χ2v) is 4.54. The van der Waals surface area contributed by atoms with Gasteiger partial charge in [-0.2, -0.15) is 0 Å². The molecule has 4 heteroatoms. The van der Waals surface area contributed by atoms with Crippen LogP contribution in [-0.2, 0) is 11.3 Å². The van der Waals surface area contributed by atoms with E-state index in [1.807, 2.05) is 18.2 Å². The molecule has 0 amide bonds. The van der Waals surface area contributed by atoms with Crippen LogP contribution >= 0.6 is 11.6 Å². The van der Waals surface area contributed by atoms with Crippen molar-refractivity contribution < 1.29 is 9.47 Å². The molecule has 0 atom stereocenters. The largest absolute Gasteiger partial charge is 0.496 e. The smallest absolute Gasteiger partial charge is 0.123 e. The van der Waals surface area contributed by atoms with Gasteiger partial charge in [0.15, 0.2) is 0 Å². The third-order valence-electron chi connectivity index (χ3n) is 2.62. The lowest BCUT2D eigenvalue weighted by atomic mass is 10.2. The molecule has 0 aliphatic heterocycles. The van der Waals surface area contributed by atoms with Crippen molar-refractivity contribution in [2.75, 3.05) is 26.9 Å². The number of methoxy groups -OCH3 is 1. The molecule has 0 aliphatic rings. The molecule has 0 aliphatic carbocycles. The Hall–Kier alpha value is -0.770. The van der Waals surface area contributed by atoms with Crippen LogP contribution in [0.25, 0.3) is 0 Å². The maximum absolute atomic E-state index is 5.96. The third kappa shape index (κ3) is 5.71. The van der Waals surface area contributed by atoms with Crippen LogP contribution in [0.5, 0.6) is 5.75 Å². The third-order valence-corrected chi connectivity index (χ3v) is 2.86. The van der Waals surface area contributed by atoms with Gasteiger partial charge in [-0.15, -0.1) is 0 Å². The molecule has 0 heterocycles. The van der Waals surface area contributed by atoms with Gasteiger partial charge in [0.25, 0.3) is 0 Å². The molecule has 18 heavy (non-hydrogen) atoms. The fourth-order valence-corrected chi connectivity index (χ4v) is 1.80. The first-order chi connectivity index (χ1) is 8.77. The van der Waals surface area contributed by atoms with Crippen LogP contribution in [0.1, 0.15) is 25.3 Å². The lowest BCUT2D eigenvalue weighted by molar-refractivity contribution is 0.133. The van der Waals surface area contributed by atoms with Crippen molar-refractivity contribution in [3.8, 4) is 5.75 Å². The number of hydrogen-bond donors (Lipinski definition) is 1. The summed E-state index contributed by atoms with van der Waals surface area (Å²) in [5.74, 6) is 0.860. The van der Waals surface area contributed by atoms with Crippen LogP contribution in [0.4, 0.5) is 0 Å². The molecule has 1 rings (SSSR count). The molecule has 0 radical (unpaired) electrons. The van der Waals surface area contributed by atoms with Gasteiger partial charge in [0.05, 0.1) is 13.7 Å². The fraction of sp³-hybridized carbons (Fsp3) is 0.571. The van der Waals surface area contributed by atoms with E-state index in [1.165, 1.54) is 6.42 Å². The highest BCUT2D eigenvalue weighted by atomic mass is 35.5. The summed E-state index contributed by atoms with van der Waals surface area (Å²) < 4.78 is 10.8. The highest BCUT2D eigenvalue weighted by molar-refractivity contribution is 6.30. The molecule has 0 aromatic heterocycles. The predicted octanol–water partition coefficient (Wildman–Crippen LogP) is 3.25. The van der Waals surface area contributed by atoms with E-state index in [9.17, 15) is 0 Å². The van der Waals surface area contributed by atoms with Gasteiger partial charge < -0.3 is 14.8 Å². The number of benzene rings is 1. The zero-order valence-electron chi connectivity index (χ0n) is 11.2. The second kappa shape index (κ2) is 9.20. The minimum Gasteiger partial charge on any atom is -0.496 e. The lowest BCUT2D eigenvalue weighted by Gasteiger charge is -2.10. The van der Waals surface area contributed by atoms with Crippen LogP contribution in [0.3, 0.4) is 0 Å². The molecular weight excluding hydrogens is 250 g/mol. The van der Waals surface area contributed by atoms with Crippen LogP contribution in [0.15, 0.2) is 18.2 Å². The molecule has 1 N–H and O–H groups in total. The normalized spacial score (nSPS) is 10.6. The lowest BCUT2D eigenvalue weighted by Crippen LogP contribution is -2.19. The number of halogens is 1. The van der Waals surface area contributed by atoms with Crippen LogP contribution in [0.2, 0.25) is 5.02 Å². The Morgan fingerprint density at radius 3 is 2.83 bits per heavy atom. The van der Waals surface area contributed by atoms with Crippen molar-refractivity contribution in [3.63, 3.8) is 0 Å². The van der Waals surface area contributed by atoms with Gasteiger partial charge in [0, 0.05) is 30.3 Å². The van der Waals surface area contributed by atoms with E-state index in [-0.39, 0.29) is 0 Å². The molecule has 0 unspecified atom stereocenters. The maximum atomic E-state index is 5.96. The zero-order chi connectivity index (χ0) is 13.2. The highest BCUT2D eigenvalue weighted by Gasteiger charge is 2.03. The van der Waals surface area contributed by atoms with Crippen LogP contribution < -0.4 is 10.1 Å². The van der Waals surface area contributed by atoms with Crippen LogP contribution in [0, 0.1) is 0 Å². The maximum Gasteiger partial charge on any atom is 0.123 e. The van der Waals surface area contributed by atoms with Gasteiger partial charge in [-0.25, -0.2) is 0 Å². The molecule has 3 nitrogen and oxygen atoms in total. The molecule has 0 spiro atoms. The van der Waals surface area contributed by atoms with E-state index < -0.39 is 0 Å². The first-order valence-electron chi connectivity index (χ1n) is 6.38. The number of ether oxygens (including phenoxy) is 2. The van der Waals surface area contributed by atoms with Gasteiger partial charge in [-0.05, 0) is 24.6 Å². The monoisotopic (exact) mass is 271 g/mol. The van der Waals surface area contributed by atoms with Crippen molar-refractivity contribution in [2.24, 2.45) is 0 Å². The minimum absolute atomic E-state index is 0.729. The van der Waals surface area contributed by atoms with E-state index in [1.54, 1.807) is 7.11 Å². The summed E-state index contributed by atoms with van der Waals surface area (Å²) in [4.78, 5) is 0. The molecular formula is C14H22ClNO2. The Kier molecular flexibility index (Phi) is 7.81. The van der Waals surface area contributed by atoms with E-state index in [4.69, 9.17) is 21.1 Å². The van der Waals surface area contributed by atoms with Gasteiger partial charge in [-0.3, -0.25) is 0 Å². The quantitative estimate of drug-likeness (QED) is 0.700. The Labute approximate surface area is 114 Å².